The molecule has 0 spiro atoms. The second-order valence-electron chi connectivity index (χ2n) is 15.4. The summed E-state index contributed by atoms with van der Waals surface area (Å²) in [6, 6.07) is 0. The van der Waals surface area contributed by atoms with Gasteiger partial charge in [0.05, 0.1) is 0 Å². The number of unbranched alkanes of at least 4 members (excludes halogenated alkanes) is 4. The van der Waals surface area contributed by atoms with Gasteiger partial charge in [-0.1, -0.05) is 118 Å². The number of ether oxygens (including phenoxy) is 1. The van der Waals surface area contributed by atoms with Crippen LogP contribution in [0.15, 0.2) is 0 Å². The highest BCUT2D eigenvalue weighted by Gasteiger charge is 2.67. The van der Waals surface area contributed by atoms with E-state index in [1.54, 1.807) is 0 Å². The van der Waals surface area contributed by atoms with Crippen LogP contribution in [-0.4, -0.2) is 21.2 Å². The average Bonchev–Trinajstić information content (AvgIpc) is 3.23. The molecule has 4 aliphatic carbocycles. The van der Waals surface area contributed by atoms with Crippen molar-refractivity contribution in [3.05, 3.63) is 0 Å². The van der Waals surface area contributed by atoms with Crippen molar-refractivity contribution in [2.24, 2.45) is 46.3 Å². The molecule has 0 aromatic carbocycles. The van der Waals surface area contributed by atoms with Gasteiger partial charge in [-0.3, -0.25) is 4.79 Å². The lowest BCUT2D eigenvalue weighted by Crippen LogP contribution is -2.64. The summed E-state index contributed by atoms with van der Waals surface area (Å²) in [5.41, 5.74) is 0.785. The molecule has 4 rings (SSSR count). The van der Waals surface area contributed by atoms with Gasteiger partial charge in [0.1, 0.15) is 6.10 Å². The first-order valence-corrected chi connectivity index (χ1v) is 18.7. The van der Waals surface area contributed by atoms with Gasteiger partial charge in [-0.2, -0.15) is 0 Å². The maximum Gasteiger partial charge on any atom is 0.306 e. The van der Waals surface area contributed by atoms with Crippen LogP contribution in [0.25, 0.3) is 0 Å². The molecule has 0 radical (unpaired) electrons. The lowest BCUT2D eigenvalue weighted by Gasteiger charge is -2.66. The van der Waals surface area contributed by atoms with E-state index in [2.05, 4.69) is 73.4 Å². The fraction of sp³-hybridized carbons (Fsp3) is 0.971. The van der Waals surface area contributed by atoms with Gasteiger partial charge in [0.15, 0.2) is 0 Å². The molecule has 226 valence electrons. The predicted octanol–water partition coefficient (Wildman–Crippen LogP) is 11.3. The molecule has 0 saturated heterocycles. The highest BCUT2D eigenvalue weighted by Crippen LogP contribution is 2.71. The minimum Gasteiger partial charge on any atom is -0.462 e. The van der Waals surface area contributed by atoms with Crippen molar-refractivity contribution in [2.45, 2.75) is 166 Å². The van der Waals surface area contributed by atoms with Crippen molar-refractivity contribution in [1.82, 2.24) is 0 Å². The summed E-state index contributed by atoms with van der Waals surface area (Å²) in [4.78, 5) is 13.1. The fourth-order valence-corrected chi connectivity index (χ4v) is 12.6. The standard InChI is InChI=1S/C35H60Br2O2/c1-7-8-9-10-11-15-32(38)39-26-18-21-34(6)30-19-20-33(5)28(25(4)14-12-13-24(2)3)16-17-29(33)27(30)22-31(36)35(34,37)23-26/h24-31H,7-23H2,1-6H3. The van der Waals surface area contributed by atoms with Crippen LogP contribution < -0.4 is 0 Å². The quantitative estimate of drug-likeness (QED) is 0.117. The van der Waals surface area contributed by atoms with Crippen molar-refractivity contribution in [3.8, 4) is 0 Å². The number of hydrogen-bond acceptors (Lipinski definition) is 2. The molecular formula is C35H60Br2O2. The number of carbonyl (C=O) groups is 1. The minimum absolute atomic E-state index is 0.0153. The molecular weight excluding hydrogens is 612 g/mol. The van der Waals surface area contributed by atoms with Gasteiger partial charge in [-0.05, 0) is 97.7 Å². The van der Waals surface area contributed by atoms with Crippen LogP contribution in [0.1, 0.15) is 151 Å². The van der Waals surface area contributed by atoms with Crippen LogP contribution in [0, 0.1) is 46.3 Å². The largest absolute Gasteiger partial charge is 0.462 e. The van der Waals surface area contributed by atoms with Crippen LogP contribution in [0.5, 0.6) is 0 Å². The zero-order valence-electron chi connectivity index (χ0n) is 26.2. The number of fused-ring (bicyclic) bond motifs is 5. The Labute approximate surface area is 258 Å². The SMILES string of the molecule is CCCCCCCC(=O)OC1CCC2(C)C3CCC4(C)C(C(C)CCCC(C)C)CCC4C3CC(Br)C2(Br)C1. The van der Waals surface area contributed by atoms with Gasteiger partial charge in [0.25, 0.3) is 0 Å². The van der Waals surface area contributed by atoms with Gasteiger partial charge >= 0.3 is 5.97 Å². The molecule has 0 bridgehead atoms. The van der Waals surface area contributed by atoms with E-state index in [0.29, 0.717) is 16.7 Å². The first-order chi connectivity index (χ1) is 18.5. The number of alkyl halides is 2. The second-order valence-corrected chi connectivity index (χ2v) is 17.9. The molecule has 0 aromatic heterocycles. The van der Waals surface area contributed by atoms with Crippen molar-refractivity contribution < 1.29 is 9.53 Å². The molecule has 0 heterocycles. The molecule has 0 amide bonds. The molecule has 39 heavy (non-hydrogen) atoms. The summed E-state index contributed by atoms with van der Waals surface area (Å²) in [7, 11) is 0. The Kier molecular flexibility index (Phi) is 11.1. The summed E-state index contributed by atoms with van der Waals surface area (Å²) in [6.45, 7) is 14.9. The summed E-state index contributed by atoms with van der Waals surface area (Å²) in [5.74, 6) is 5.13. The van der Waals surface area contributed by atoms with Gasteiger partial charge < -0.3 is 4.74 Å². The molecule has 2 nitrogen and oxygen atoms in total. The van der Waals surface area contributed by atoms with Crippen molar-refractivity contribution in [1.29, 1.82) is 0 Å². The molecule has 4 heteroatoms. The second kappa shape index (κ2) is 13.4. The highest BCUT2D eigenvalue weighted by atomic mass is 79.9. The number of esters is 1. The number of rotatable bonds is 12. The van der Waals surface area contributed by atoms with Crippen LogP contribution >= 0.6 is 31.9 Å². The van der Waals surface area contributed by atoms with E-state index in [1.807, 2.05) is 0 Å². The first-order valence-electron chi connectivity index (χ1n) is 17.0. The predicted molar refractivity (Wildman–Crippen MR) is 173 cm³/mol. The Balaban J connectivity index is 1.39. The van der Waals surface area contributed by atoms with Gasteiger partial charge in [-0.25, -0.2) is 0 Å². The molecule has 0 aromatic rings. The Morgan fingerprint density at radius 2 is 1.67 bits per heavy atom. The third-order valence-corrected chi connectivity index (χ3v) is 16.2. The molecule has 4 aliphatic rings. The summed E-state index contributed by atoms with van der Waals surface area (Å²) < 4.78 is 6.14. The summed E-state index contributed by atoms with van der Waals surface area (Å²) >= 11 is 8.65. The van der Waals surface area contributed by atoms with Crippen LogP contribution in [0.4, 0.5) is 0 Å². The van der Waals surface area contributed by atoms with E-state index < -0.39 is 0 Å². The smallest absolute Gasteiger partial charge is 0.306 e. The van der Waals surface area contributed by atoms with E-state index >= 15 is 0 Å². The van der Waals surface area contributed by atoms with Gasteiger partial charge in [0.2, 0.25) is 0 Å². The van der Waals surface area contributed by atoms with E-state index in [9.17, 15) is 4.79 Å². The Hall–Kier alpha value is 0.430. The van der Waals surface area contributed by atoms with Gasteiger partial charge in [-0.15, -0.1) is 0 Å². The molecule has 4 saturated carbocycles. The topological polar surface area (TPSA) is 26.3 Å². The molecule has 10 atom stereocenters. The van der Waals surface area contributed by atoms with Crippen molar-refractivity contribution in [3.63, 3.8) is 0 Å². The lowest BCUT2D eigenvalue weighted by atomic mass is 9.44. The fourth-order valence-electron chi connectivity index (χ4n) is 10.4. The van der Waals surface area contributed by atoms with E-state index in [-0.39, 0.29) is 21.8 Å². The summed E-state index contributed by atoms with van der Waals surface area (Å²) in [5, 5.41) is 0. The average molecular weight is 673 g/mol. The number of halogens is 2. The van der Waals surface area contributed by atoms with Crippen molar-refractivity contribution in [2.75, 3.05) is 0 Å². The van der Waals surface area contributed by atoms with E-state index in [4.69, 9.17) is 4.74 Å². The van der Waals surface area contributed by atoms with Gasteiger partial charge in [0, 0.05) is 22.0 Å². The molecule has 4 fully saturated rings. The summed E-state index contributed by atoms with van der Waals surface area (Å²) in [6.07, 6.45) is 20.9. The highest BCUT2D eigenvalue weighted by molar-refractivity contribution is 9.12. The maximum absolute atomic E-state index is 12.7. The maximum atomic E-state index is 12.7. The lowest BCUT2D eigenvalue weighted by molar-refractivity contribution is -0.158. The normalized spacial score (nSPS) is 42.5. The van der Waals surface area contributed by atoms with E-state index in [1.165, 1.54) is 77.0 Å². The zero-order valence-corrected chi connectivity index (χ0v) is 29.4. The molecule has 0 N–H and O–H groups in total. The Bertz CT molecular complexity index is 814. The number of hydrogen-bond donors (Lipinski definition) is 0. The zero-order chi connectivity index (χ0) is 28.4. The minimum atomic E-state index is 0.0153. The third kappa shape index (κ3) is 6.52. The third-order valence-electron chi connectivity index (χ3n) is 12.7. The van der Waals surface area contributed by atoms with Crippen LogP contribution in [-0.2, 0) is 9.53 Å². The monoisotopic (exact) mass is 670 g/mol. The van der Waals surface area contributed by atoms with Crippen molar-refractivity contribution >= 4 is 37.8 Å². The number of carbonyl (C=O) groups excluding carboxylic acids is 1. The van der Waals surface area contributed by atoms with Crippen LogP contribution in [0.2, 0.25) is 0 Å². The van der Waals surface area contributed by atoms with E-state index in [0.717, 1.165) is 61.2 Å². The van der Waals surface area contributed by atoms with Crippen LogP contribution in [0.3, 0.4) is 0 Å². The Morgan fingerprint density at radius 1 is 0.923 bits per heavy atom. The molecule has 10 unspecified atom stereocenters. The molecule has 0 aliphatic heterocycles. The Morgan fingerprint density at radius 3 is 2.38 bits per heavy atom. The first kappa shape index (κ1) is 32.3.